The molecule has 0 saturated heterocycles. The minimum Gasteiger partial charge on any atom is -0.258 e. The van der Waals surface area contributed by atoms with Gasteiger partial charge in [-0.25, -0.2) is 4.98 Å². The van der Waals surface area contributed by atoms with Crippen molar-refractivity contribution in [1.29, 1.82) is 0 Å². The lowest BCUT2D eigenvalue weighted by atomic mass is 10.2. The number of benzene rings is 2. The van der Waals surface area contributed by atoms with Gasteiger partial charge < -0.3 is 0 Å². The Morgan fingerprint density at radius 3 is 2.38 bits per heavy atom. The van der Waals surface area contributed by atoms with E-state index in [4.69, 9.17) is 23.2 Å². The number of nitrogens with one attached hydrogen (secondary N) is 1. The number of nitrogens with zero attached hydrogens (tertiary/aromatic N) is 2. The van der Waals surface area contributed by atoms with Gasteiger partial charge in [-0.15, -0.1) is 5.10 Å². The van der Waals surface area contributed by atoms with Crippen molar-refractivity contribution in [1.82, 2.24) is 15.2 Å². The van der Waals surface area contributed by atoms with Crippen LogP contribution in [0.3, 0.4) is 0 Å². The summed E-state index contributed by atoms with van der Waals surface area (Å²) in [4.78, 5) is 4.47. The van der Waals surface area contributed by atoms with Crippen LogP contribution in [0.5, 0.6) is 0 Å². The molecular weight excluding hydrogens is 325 g/mol. The maximum Gasteiger partial charge on any atom is 0.209 e. The average Bonchev–Trinajstić information content (AvgIpc) is 2.97. The lowest BCUT2D eigenvalue weighted by Crippen LogP contribution is -1.85. The van der Waals surface area contributed by atoms with Crippen molar-refractivity contribution >= 4 is 35.0 Å². The SMILES string of the molecule is Clc1cccc(Cl)c1CSc1n[nH]c(-c2ccccc2)n1. The minimum atomic E-state index is 0.630. The molecule has 1 N–H and O–H groups in total. The summed E-state index contributed by atoms with van der Waals surface area (Å²) in [6, 6.07) is 15.4. The van der Waals surface area contributed by atoms with Gasteiger partial charge in [0.1, 0.15) is 0 Å². The number of aromatic amines is 1. The van der Waals surface area contributed by atoms with Crippen LogP contribution in [0, 0.1) is 0 Å². The molecule has 0 unspecified atom stereocenters. The molecule has 0 radical (unpaired) electrons. The fourth-order valence-electron chi connectivity index (χ4n) is 1.84. The molecule has 3 rings (SSSR count). The van der Waals surface area contributed by atoms with Crippen molar-refractivity contribution in [2.24, 2.45) is 0 Å². The molecule has 0 aliphatic rings. The maximum atomic E-state index is 6.15. The van der Waals surface area contributed by atoms with Gasteiger partial charge in [0, 0.05) is 21.4 Å². The van der Waals surface area contributed by atoms with Crippen molar-refractivity contribution in [3.63, 3.8) is 0 Å². The Kier molecular flexibility index (Phi) is 4.48. The predicted molar refractivity (Wildman–Crippen MR) is 87.8 cm³/mol. The van der Waals surface area contributed by atoms with E-state index in [0.717, 1.165) is 17.0 Å². The molecule has 0 spiro atoms. The van der Waals surface area contributed by atoms with Crippen molar-refractivity contribution in [2.75, 3.05) is 0 Å². The van der Waals surface area contributed by atoms with Gasteiger partial charge >= 0.3 is 0 Å². The highest BCUT2D eigenvalue weighted by Gasteiger charge is 2.09. The first-order chi connectivity index (χ1) is 10.2. The van der Waals surface area contributed by atoms with Crippen LogP contribution in [0.15, 0.2) is 53.7 Å². The first-order valence-electron chi connectivity index (χ1n) is 6.27. The first kappa shape index (κ1) is 14.4. The Morgan fingerprint density at radius 1 is 0.952 bits per heavy atom. The van der Waals surface area contributed by atoms with E-state index >= 15 is 0 Å². The fourth-order valence-corrected chi connectivity index (χ4v) is 3.38. The third-order valence-corrected chi connectivity index (χ3v) is 4.50. The average molecular weight is 336 g/mol. The molecule has 2 aromatic carbocycles. The van der Waals surface area contributed by atoms with Gasteiger partial charge in [0.05, 0.1) is 0 Å². The zero-order valence-electron chi connectivity index (χ0n) is 10.9. The normalized spacial score (nSPS) is 10.8. The van der Waals surface area contributed by atoms with E-state index in [1.54, 1.807) is 0 Å². The molecule has 21 heavy (non-hydrogen) atoms. The van der Waals surface area contributed by atoms with E-state index in [0.29, 0.717) is 21.0 Å². The number of rotatable bonds is 4. The van der Waals surface area contributed by atoms with Crippen LogP contribution in [-0.4, -0.2) is 15.2 Å². The minimum absolute atomic E-state index is 0.630. The number of hydrogen-bond acceptors (Lipinski definition) is 3. The number of thioether (sulfide) groups is 1. The summed E-state index contributed by atoms with van der Waals surface area (Å²) in [5.41, 5.74) is 1.91. The van der Waals surface area contributed by atoms with Crippen molar-refractivity contribution in [2.45, 2.75) is 10.9 Å². The Morgan fingerprint density at radius 2 is 1.67 bits per heavy atom. The summed E-state index contributed by atoms with van der Waals surface area (Å²) in [6.07, 6.45) is 0. The third-order valence-electron chi connectivity index (χ3n) is 2.92. The molecule has 106 valence electrons. The number of H-pyrrole nitrogens is 1. The summed E-state index contributed by atoms with van der Waals surface area (Å²) < 4.78 is 0. The molecule has 0 fully saturated rings. The molecule has 1 heterocycles. The van der Waals surface area contributed by atoms with Crippen LogP contribution < -0.4 is 0 Å². The zero-order valence-corrected chi connectivity index (χ0v) is 13.2. The smallest absolute Gasteiger partial charge is 0.209 e. The largest absolute Gasteiger partial charge is 0.258 e. The van der Waals surface area contributed by atoms with Crippen LogP contribution in [0.1, 0.15) is 5.56 Å². The Hall–Kier alpha value is -1.49. The van der Waals surface area contributed by atoms with Gasteiger partial charge in [-0.3, -0.25) is 5.10 Å². The van der Waals surface area contributed by atoms with Gasteiger partial charge in [0.2, 0.25) is 5.16 Å². The second-order valence-electron chi connectivity index (χ2n) is 4.32. The summed E-state index contributed by atoms with van der Waals surface area (Å²) in [5, 5.41) is 9.14. The quantitative estimate of drug-likeness (QED) is 0.676. The molecule has 0 atom stereocenters. The van der Waals surface area contributed by atoms with Crippen LogP contribution in [0.2, 0.25) is 10.0 Å². The van der Waals surface area contributed by atoms with E-state index in [2.05, 4.69) is 15.2 Å². The number of halogens is 2. The van der Waals surface area contributed by atoms with E-state index in [-0.39, 0.29) is 0 Å². The predicted octanol–water partition coefficient (Wildman–Crippen LogP) is 5.07. The molecule has 0 amide bonds. The van der Waals surface area contributed by atoms with Crippen LogP contribution in [0.4, 0.5) is 0 Å². The van der Waals surface area contributed by atoms with Crippen molar-refractivity contribution < 1.29 is 0 Å². The highest BCUT2D eigenvalue weighted by molar-refractivity contribution is 7.98. The topological polar surface area (TPSA) is 41.6 Å². The second kappa shape index (κ2) is 6.52. The molecule has 0 bridgehead atoms. The van der Waals surface area contributed by atoms with Crippen molar-refractivity contribution in [3.8, 4) is 11.4 Å². The van der Waals surface area contributed by atoms with Gasteiger partial charge in [0.15, 0.2) is 5.82 Å². The second-order valence-corrected chi connectivity index (χ2v) is 6.08. The molecule has 0 aliphatic heterocycles. The molecule has 6 heteroatoms. The molecule has 0 aliphatic carbocycles. The van der Waals surface area contributed by atoms with Crippen LogP contribution in [-0.2, 0) is 5.75 Å². The van der Waals surface area contributed by atoms with E-state index in [1.807, 2.05) is 48.5 Å². The Labute approximate surface area is 136 Å². The molecule has 3 nitrogen and oxygen atoms in total. The molecule has 3 aromatic rings. The van der Waals surface area contributed by atoms with E-state index < -0.39 is 0 Å². The third kappa shape index (κ3) is 3.40. The summed E-state index contributed by atoms with van der Waals surface area (Å²) in [6.45, 7) is 0. The van der Waals surface area contributed by atoms with Crippen LogP contribution >= 0.6 is 35.0 Å². The van der Waals surface area contributed by atoms with Crippen molar-refractivity contribution in [3.05, 3.63) is 64.1 Å². The van der Waals surface area contributed by atoms with E-state index in [9.17, 15) is 0 Å². The maximum absolute atomic E-state index is 6.15. The summed E-state index contributed by atoms with van der Waals surface area (Å²) in [7, 11) is 0. The van der Waals surface area contributed by atoms with Gasteiger partial charge in [-0.1, -0.05) is 71.4 Å². The van der Waals surface area contributed by atoms with Gasteiger partial charge in [0.25, 0.3) is 0 Å². The summed E-state index contributed by atoms with van der Waals surface area (Å²) >= 11 is 13.8. The Bertz CT molecular complexity index is 723. The number of aromatic nitrogens is 3. The van der Waals surface area contributed by atoms with Gasteiger partial charge in [-0.2, -0.15) is 0 Å². The molecule has 1 aromatic heterocycles. The lowest BCUT2D eigenvalue weighted by Gasteiger charge is -2.04. The lowest BCUT2D eigenvalue weighted by molar-refractivity contribution is 0.973. The monoisotopic (exact) mass is 335 g/mol. The molecule has 0 saturated carbocycles. The van der Waals surface area contributed by atoms with Crippen LogP contribution in [0.25, 0.3) is 11.4 Å². The highest BCUT2D eigenvalue weighted by Crippen LogP contribution is 2.30. The first-order valence-corrected chi connectivity index (χ1v) is 8.01. The Balaban J connectivity index is 1.74. The fraction of sp³-hybridized carbons (Fsp3) is 0.0667. The summed E-state index contributed by atoms with van der Waals surface area (Å²) in [5.74, 6) is 1.38. The number of hydrogen-bond donors (Lipinski definition) is 1. The zero-order chi connectivity index (χ0) is 14.7. The van der Waals surface area contributed by atoms with Gasteiger partial charge in [-0.05, 0) is 17.7 Å². The standard InChI is InChI=1S/C15H11Cl2N3S/c16-12-7-4-8-13(17)11(12)9-21-15-18-14(19-20-15)10-5-2-1-3-6-10/h1-8H,9H2,(H,18,19,20). The molecular formula is C15H11Cl2N3S. The highest BCUT2D eigenvalue weighted by atomic mass is 35.5. The van der Waals surface area contributed by atoms with E-state index in [1.165, 1.54) is 11.8 Å².